The Morgan fingerprint density at radius 1 is 0.923 bits per heavy atom. The number of carboxylic acids is 1. The number of carbonyl (C=O) groups is 2. The number of amides is 1. The van der Waals surface area contributed by atoms with Crippen molar-refractivity contribution in [2.24, 2.45) is 0 Å². The van der Waals surface area contributed by atoms with Gasteiger partial charge in [-0.1, -0.05) is 23.7 Å². The smallest absolute Gasteiger partial charge is 0.335 e. The van der Waals surface area contributed by atoms with E-state index in [2.05, 4.69) is 4.90 Å². The number of piperazine rings is 1. The Hall–Kier alpha value is -2.79. The standard InChI is InChI=1S/C20H19ClN2O3/c21-17-6-1-15(2-7-17)3-10-19(24)23-13-11-22(12-14-23)18-8-4-16(5-9-18)20(25)26/h1-10H,11-14H2,(H,25,26)/b10-3+. The molecule has 134 valence electrons. The molecule has 1 N–H and O–H groups in total. The summed E-state index contributed by atoms with van der Waals surface area (Å²) in [5.41, 5.74) is 2.17. The fourth-order valence-electron chi connectivity index (χ4n) is 2.85. The lowest BCUT2D eigenvalue weighted by molar-refractivity contribution is -0.126. The maximum Gasteiger partial charge on any atom is 0.335 e. The van der Waals surface area contributed by atoms with Gasteiger partial charge in [0.25, 0.3) is 0 Å². The molecule has 3 rings (SSSR count). The van der Waals surface area contributed by atoms with Gasteiger partial charge in [-0.15, -0.1) is 0 Å². The van der Waals surface area contributed by atoms with Crippen LogP contribution in [0.2, 0.25) is 5.02 Å². The van der Waals surface area contributed by atoms with Crippen molar-refractivity contribution in [1.29, 1.82) is 0 Å². The van der Waals surface area contributed by atoms with Gasteiger partial charge in [-0.05, 0) is 48.0 Å². The summed E-state index contributed by atoms with van der Waals surface area (Å²) in [5, 5.41) is 9.63. The summed E-state index contributed by atoms with van der Waals surface area (Å²) in [6.07, 6.45) is 3.37. The van der Waals surface area contributed by atoms with Crippen molar-refractivity contribution in [2.75, 3.05) is 31.1 Å². The van der Waals surface area contributed by atoms with Crippen molar-refractivity contribution in [1.82, 2.24) is 4.90 Å². The van der Waals surface area contributed by atoms with Crippen LogP contribution in [0.15, 0.2) is 54.6 Å². The molecular formula is C20H19ClN2O3. The Morgan fingerprint density at radius 2 is 1.54 bits per heavy atom. The SMILES string of the molecule is O=C(O)c1ccc(N2CCN(C(=O)/C=C/c3ccc(Cl)cc3)CC2)cc1. The fraction of sp³-hybridized carbons (Fsp3) is 0.200. The van der Waals surface area contributed by atoms with Crippen molar-refractivity contribution in [3.63, 3.8) is 0 Å². The molecule has 0 bridgehead atoms. The molecule has 5 nitrogen and oxygen atoms in total. The number of hydrogen-bond donors (Lipinski definition) is 1. The molecule has 26 heavy (non-hydrogen) atoms. The van der Waals surface area contributed by atoms with E-state index in [9.17, 15) is 9.59 Å². The fourth-order valence-corrected chi connectivity index (χ4v) is 2.97. The number of benzene rings is 2. The van der Waals surface area contributed by atoms with Crippen molar-refractivity contribution < 1.29 is 14.7 Å². The summed E-state index contributed by atoms with van der Waals surface area (Å²) < 4.78 is 0. The molecule has 0 unspecified atom stereocenters. The number of anilines is 1. The molecule has 1 amide bonds. The highest BCUT2D eigenvalue weighted by atomic mass is 35.5. The monoisotopic (exact) mass is 370 g/mol. The van der Waals surface area contributed by atoms with E-state index in [4.69, 9.17) is 16.7 Å². The van der Waals surface area contributed by atoms with Gasteiger partial charge in [0.15, 0.2) is 0 Å². The second kappa shape index (κ2) is 8.06. The minimum atomic E-state index is -0.931. The van der Waals surface area contributed by atoms with Gasteiger partial charge in [-0.3, -0.25) is 4.79 Å². The molecule has 0 aliphatic carbocycles. The normalized spacial score (nSPS) is 14.7. The highest BCUT2D eigenvalue weighted by Gasteiger charge is 2.20. The van der Waals surface area contributed by atoms with Gasteiger partial charge in [-0.2, -0.15) is 0 Å². The Kier molecular flexibility index (Phi) is 5.58. The molecule has 6 heteroatoms. The minimum absolute atomic E-state index is 0.0131. The van der Waals surface area contributed by atoms with Crippen LogP contribution in [0.3, 0.4) is 0 Å². The Bertz CT molecular complexity index is 808. The van der Waals surface area contributed by atoms with Crippen molar-refractivity contribution in [3.8, 4) is 0 Å². The third kappa shape index (κ3) is 4.43. The Labute approximate surface area is 157 Å². The lowest BCUT2D eigenvalue weighted by Crippen LogP contribution is -2.48. The van der Waals surface area contributed by atoms with Crippen LogP contribution in [0.25, 0.3) is 6.08 Å². The Morgan fingerprint density at radius 3 is 2.12 bits per heavy atom. The zero-order chi connectivity index (χ0) is 18.5. The lowest BCUT2D eigenvalue weighted by Gasteiger charge is -2.35. The molecule has 1 aliphatic heterocycles. The molecular weight excluding hydrogens is 352 g/mol. The predicted molar refractivity (Wildman–Crippen MR) is 103 cm³/mol. The lowest BCUT2D eigenvalue weighted by atomic mass is 10.1. The summed E-state index contributed by atoms with van der Waals surface area (Å²) in [6.45, 7) is 2.69. The molecule has 1 aliphatic rings. The van der Waals surface area contributed by atoms with E-state index in [-0.39, 0.29) is 11.5 Å². The van der Waals surface area contributed by atoms with Crippen LogP contribution in [0.4, 0.5) is 5.69 Å². The third-order valence-corrected chi connectivity index (χ3v) is 4.61. The van der Waals surface area contributed by atoms with Gasteiger partial charge in [0, 0.05) is 43.0 Å². The van der Waals surface area contributed by atoms with Gasteiger partial charge >= 0.3 is 5.97 Å². The zero-order valence-electron chi connectivity index (χ0n) is 14.1. The van der Waals surface area contributed by atoms with Gasteiger partial charge < -0.3 is 14.9 Å². The van der Waals surface area contributed by atoms with E-state index in [1.807, 2.05) is 17.0 Å². The number of aromatic carboxylic acids is 1. The first-order chi connectivity index (χ1) is 12.5. The van der Waals surface area contributed by atoms with Crippen LogP contribution in [-0.4, -0.2) is 48.1 Å². The summed E-state index contributed by atoms with van der Waals surface area (Å²) in [6, 6.07) is 14.1. The second-order valence-electron chi connectivity index (χ2n) is 6.05. The largest absolute Gasteiger partial charge is 0.478 e. The first kappa shape index (κ1) is 18.0. The molecule has 0 atom stereocenters. The summed E-state index contributed by atoms with van der Waals surface area (Å²) in [4.78, 5) is 27.2. The van der Waals surface area contributed by atoms with E-state index in [0.29, 0.717) is 31.2 Å². The van der Waals surface area contributed by atoms with Crippen LogP contribution in [0.5, 0.6) is 0 Å². The van der Waals surface area contributed by atoms with Gasteiger partial charge in [0.05, 0.1) is 5.56 Å². The van der Waals surface area contributed by atoms with Crippen LogP contribution in [-0.2, 0) is 4.79 Å². The molecule has 1 heterocycles. The van der Waals surface area contributed by atoms with Gasteiger partial charge in [0.2, 0.25) is 5.91 Å². The van der Waals surface area contributed by atoms with Gasteiger partial charge in [0.1, 0.15) is 0 Å². The van der Waals surface area contributed by atoms with Crippen LogP contribution >= 0.6 is 11.6 Å². The summed E-state index contributed by atoms with van der Waals surface area (Å²) in [5.74, 6) is -0.944. The van der Waals surface area contributed by atoms with E-state index < -0.39 is 5.97 Å². The van der Waals surface area contributed by atoms with Crippen molar-refractivity contribution >= 4 is 35.2 Å². The highest BCUT2D eigenvalue weighted by molar-refractivity contribution is 6.30. The van der Waals surface area contributed by atoms with Crippen LogP contribution < -0.4 is 4.90 Å². The molecule has 0 saturated carbocycles. The first-order valence-electron chi connectivity index (χ1n) is 8.34. The quantitative estimate of drug-likeness (QED) is 0.838. The average molecular weight is 371 g/mol. The Balaban J connectivity index is 1.55. The first-order valence-corrected chi connectivity index (χ1v) is 8.71. The number of halogens is 1. The van der Waals surface area contributed by atoms with Crippen LogP contribution in [0.1, 0.15) is 15.9 Å². The van der Waals surface area contributed by atoms with Gasteiger partial charge in [-0.25, -0.2) is 4.79 Å². The molecule has 2 aromatic carbocycles. The second-order valence-corrected chi connectivity index (χ2v) is 6.49. The van der Waals surface area contributed by atoms with Crippen molar-refractivity contribution in [2.45, 2.75) is 0 Å². The highest BCUT2D eigenvalue weighted by Crippen LogP contribution is 2.18. The van der Waals surface area contributed by atoms with E-state index in [1.54, 1.807) is 48.6 Å². The minimum Gasteiger partial charge on any atom is -0.478 e. The molecule has 0 radical (unpaired) electrons. The van der Waals surface area contributed by atoms with E-state index in [1.165, 1.54) is 0 Å². The predicted octanol–water partition coefficient (Wildman–Crippen LogP) is 3.40. The maximum atomic E-state index is 12.3. The third-order valence-electron chi connectivity index (χ3n) is 4.36. The number of carboxylic acid groups (broad SMARTS) is 1. The number of nitrogens with zero attached hydrogens (tertiary/aromatic N) is 2. The summed E-state index contributed by atoms with van der Waals surface area (Å²) >= 11 is 5.85. The summed E-state index contributed by atoms with van der Waals surface area (Å²) in [7, 11) is 0. The van der Waals surface area contributed by atoms with E-state index in [0.717, 1.165) is 11.3 Å². The molecule has 2 aromatic rings. The zero-order valence-corrected chi connectivity index (χ0v) is 14.9. The average Bonchev–Trinajstić information content (AvgIpc) is 2.67. The topological polar surface area (TPSA) is 60.9 Å². The maximum absolute atomic E-state index is 12.3. The van der Waals surface area contributed by atoms with E-state index >= 15 is 0 Å². The number of hydrogen-bond acceptors (Lipinski definition) is 3. The molecule has 1 fully saturated rings. The number of rotatable bonds is 4. The molecule has 0 aromatic heterocycles. The number of carbonyl (C=O) groups excluding carboxylic acids is 1. The van der Waals surface area contributed by atoms with Crippen LogP contribution in [0, 0.1) is 0 Å². The molecule has 0 spiro atoms. The van der Waals surface area contributed by atoms with Crippen molar-refractivity contribution in [3.05, 3.63) is 70.8 Å². The molecule has 1 saturated heterocycles.